The number of hydrogen-bond donors (Lipinski definition) is 1. The fraction of sp³-hybridized carbons (Fsp3) is 0.333. The highest BCUT2D eigenvalue weighted by molar-refractivity contribution is 6.15. The summed E-state index contributed by atoms with van der Waals surface area (Å²) in [7, 11) is 0. The van der Waals surface area contributed by atoms with Crippen molar-refractivity contribution >= 4 is 32.6 Å². The molecule has 1 heteroatoms. The third-order valence-corrected chi connectivity index (χ3v) is 10.2. The van der Waals surface area contributed by atoms with Crippen LogP contribution in [0.3, 0.4) is 0 Å². The van der Waals surface area contributed by atoms with E-state index in [2.05, 4.69) is 77.8 Å². The van der Waals surface area contributed by atoms with Crippen LogP contribution in [0.2, 0.25) is 0 Å². The summed E-state index contributed by atoms with van der Waals surface area (Å²) < 4.78 is 0. The Kier molecular flexibility index (Phi) is 3.30. The standard InChI is InChI=1S/C33H29N/c1-2-6-23-15-29-27(14-22(23)5-1)30-28(34-29)10-9-25-24-7-3-4-8-26(24)32(31(25)30)33-16-19-11-20(17-33)13-21(12-19)18-33/h1-10,14-15,19-21,32,34H,11-13,16-18H2. The van der Waals surface area contributed by atoms with E-state index in [-0.39, 0.29) is 0 Å². The van der Waals surface area contributed by atoms with E-state index in [0.29, 0.717) is 11.3 Å². The van der Waals surface area contributed by atoms with Crippen LogP contribution in [0.25, 0.3) is 43.7 Å². The van der Waals surface area contributed by atoms with E-state index < -0.39 is 0 Å². The molecular weight excluding hydrogens is 410 g/mol. The SMILES string of the molecule is c1ccc2c(c1)-c1ccc3[nH]c4cc5ccccc5cc4c3c1C2C12CC3CC(CC(C3)C1)C2. The van der Waals surface area contributed by atoms with Gasteiger partial charge in [0.05, 0.1) is 0 Å². The minimum atomic E-state index is 0.449. The Bertz CT molecular complexity index is 1610. The van der Waals surface area contributed by atoms with Crippen molar-refractivity contribution in [3.8, 4) is 11.1 Å². The number of nitrogens with one attached hydrogen (secondary N) is 1. The van der Waals surface area contributed by atoms with Crippen LogP contribution in [0.15, 0.2) is 72.8 Å². The van der Waals surface area contributed by atoms with E-state index in [9.17, 15) is 0 Å². The molecule has 5 aromatic rings. The molecule has 0 saturated heterocycles. The predicted molar refractivity (Wildman–Crippen MR) is 141 cm³/mol. The molecule has 10 rings (SSSR count). The zero-order valence-electron chi connectivity index (χ0n) is 19.5. The van der Waals surface area contributed by atoms with Gasteiger partial charge in [-0.3, -0.25) is 0 Å². The van der Waals surface area contributed by atoms with E-state index in [0.717, 1.165) is 17.8 Å². The van der Waals surface area contributed by atoms with Crippen LogP contribution in [-0.2, 0) is 0 Å². The maximum absolute atomic E-state index is 3.82. The van der Waals surface area contributed by atoms with Crippen molar-refractivity contribution in [1.82, 2.24) is 4.98 Å². The van der Waals surface area contributed by atoms with Crippen molar-refractivity contribution in [3.63, 3.8) is 0 Å². The number of aromatic amines is 1. The molecule has 4 fully saturated rings. The van der Waals surface area contributed by atoms with Crippen LogP contribution in [0.4, 0.5) is 0 Å². The Labute approximate surface area is 200 Å². The van der Waals surface area contributed by atoms with Crippen LogP contribution in [-0.4, -0.2) is 4.98 Å². The summed E-state index contributed by atoms with van der Waals surface area (Å²) >= 11 is 0. The van der Waals surface area contributed by atoms with Gasteiger partial charge in [0.2, 0.25) is 0 Å². The Balaban J connectivity index is 1.38. The molecule has 4 bridgehead atoms. The molecule has 1 heterocycles. The first kappa shape index (κ1) is 18.3. The van der Waals surface area contributed by atoms with Gasteiger partial charge in [0.1, 0.15) is 0 Å². The van der Waals surface area contributed by atoms with Crippen LogP contribution in [0.1, 0.15) is 55.6 Å². The first-order valence-electron chi connectivity index (χ1n) is 13.3. The Hall–Kier alpha value is -3.06. The highest BCUT2D eigenvalue weighted by Crippen LogP contribution is 2.69. The van der Waals surface area contributed by atoms with E-state index in [1.54, 1.807) is 11.1 Å². The largest absolute Gasteiger partial charge is 0.354 e. The van der Waals surface area contributed by atoms with Crippen molar-refractivity contribution in [2.45, 2.75) is 44.4 Å². The summed E-state index contributed by atoms with van der Waals surface area (Å²) in [5, 5.41) is 5.57. The van der Waals surface area contributed by atoms with E-state index >= 15 is 0 Å². The van der Waals surface area contributed by atoms with Crippen molar-refractivity contribution in [1.29, 1.82) is 0 Å². The van der Waals surface area contributed by atoms with Gasteiger partial charge >= 0.3 is 0 Å². The van der Waals surface area contributed by atoms with Gasteiger partial charge in [0, 0.05) is 27.7 Å². The molecule has 0 aliphatic heterocycles. The minimum absolute atomic E-state index is 0.449. The molecule has 1 unspecified atom stereocenters. The average Bonchev–Trinajstić information content (AvgIpc) is 3.37. The van der Waals surface area contributed by atoms with Crippen molar-refractivity contribution in [2.24, 2.45) is 23.2 Å². The third kappa shape index (κ3) is 2.22. The minimum Gasteiger partial charge on any atom is -0.354 e. The Morgan fingerprint density at radius 2 is 1.32 bits per heavy atom. The molecule has 5 aliphatic rings. The van der Waals surface area contributed by atoms with Crippen molar-refractivity contribution in [2.75, 3.05) is 0 Å². The number of H-pyrrole nitrogens is 1. The summed E-state index contributed by atoms with van der Waals surface area (Å²) in [4.78, 5) is 3.82. The maximum Gasteiger partial charge on any atom is 0.0471 e. The lowest BCUT2D eigenvalue weighted by molar-refractivity contribution is -0.0610. The molecule has 0 spiro atoms. The average molecular weight is 440 g/mol. The number of hydrogen-bond acceptors (Lipinski definition) is 0. The normalized spacial score (nSPS) is 30.9. The predicted octanol–water partition coefficient (Wildman–Crippen LogP) is 8.80. The Morgan fingerprint density at radius 1 is 0.647 bits per heavy atom. The molecule has 34 heavy (non-hydrogen) atoms. The van der Waals surface area contributed by atoms with Gasteiger partial charge in [-0.2, -0.15) is 0 Å². The van der Waals surface area contributed by atoms with Crippen LogP contribution >= 0.6 is 0 Å². The van der Waals surface area contributed by atoms with Gasteiger partial charge in [-0.05, 0) is 113 Å². The topological polar surface area (TPSA) is 15.8 Å². The van der Waals surface area contributed by atoms with Gasteiger partial charge in [0.15, 0.2) is 0 Å². The van der Waals surface area contributed by atoms with Gasteiger partial charge in [-0.1, -0.05) is 54.6 Å². The summed E-state index contributed by atoms with van der Waals surface area (Å²) in [6, 6.07) is 27.8. The highest BCUT2D eigenvalue weighted by Gasteiger charge is 2.56. The first-order chi connectivity index (χ1) is 16.8. The zero-order valence-corrected chi connectivity index (χ0v) is 19.5. The molecule has 0 radical (unpaired) electrons. The first-order valence-corrected chi connectivity index (χ1v) is 13.3. The second-order valence-electron chi connectivity index (χ2n) is 12.1. The van der Waals surface area contributed by atoms with Crippen molar-refractivity contribution < 1.29 is 0 Å². The molecule has 4 aromatic carbocycles. The highest BCUT2D eigenvalue weighted by atomic mass is 14.7. The number of benzene rings is 4. The fourth-order valence-corrected chi connectivity index (χ4v) is 9.56. The third-order valence-electron chi connectivity index (χ3n) is 10.2. The summed E-state index contributed by atoms with van der Waals surface area (Å²) in [5.74, 6) is 3.44. The zero-order chi connectivity index (χ0) is 22.0. The molecular formula is C33H29N. The number of fused-ring (bicyclic) bond motifs is 8. The second-order valence-corrected chi connectivity index (χ2v) is 12.1. The van der Waals surface area contributed by atoms with Crippen LogP contribution < -0.4 is 0 Å². The molecule has 0 amide bonds. The molecule has 4 saturated carbocycles. The van der Waals surface area contributed by atoms with Gasteiger partial charge < -0.3 is 4.98 Å². The molecule has 1 nitrogen and oxygen atoms in total. The fourth-order valence-electron chi connectivity index (χ4n) is 9.56. The number of rotatable bonds is 1. The van der Waals surface area contributed by atoms with Crippen molar-refractivity contribution in [3.05, 3.63) is 83.9 Å². The lowest BCUT2D eigenvalue weighted by Gasteiger charge is -2.59. The van der Waals surface area contributed by atoms with Gasteiger partial charge in [0.25, 0.3) is 0 Å². The summed E-state index contributed by atoms with van der Waals surface area (Å²) in [5.41, 5.74) is 9.29. The molecule has 5 aliphatic carbocycles. The number of aromatic nitrogens is 1. The second kappa shape index (κ2) is 6.13. The van der Waals surface area contributed by atoms with Crippen LogP contribution in [0.5, 0.6) is 0 Å². The maximum atomic E-state index is 3.82. The summed E-state index contributed by atoms with van der Waals surface area (Å²) in [6.07, 6.45) is 8.84. The van der Waals surface area contributed by atoms with E-state index in [1.165, 1.54) is 82.2 Å². The molecule has 166 valence electrons. The van der Waals surface area contributed by atoms with E-state index in [1.807, 2.05) is 0 Å². The Morgan fingerprint density at radius 3 is 2.09 bits per heavy atom. The lowest BCUT2D eigenvalue weighted by atomic mass is 9.45. The lowest BCUT2D eigenvalue weighted by Crippen LogP contribution is -2.48. The van der Waals surface area contributed by atoms with Gasteiger partial charge in [-0.25, -0.2) is 0 Å². The monoisotopic (exact) mass is 439 g/mol. The van der Waals surface area contributed by atoms with E-state index in [4.69, 9.17) is 0 Å². The molecule has 1 aromatic heterocycles. The quantitative estimate of drug-likeness (QED) is 0.268. The molecule has 1 N–H and O–H groups in total. The van der Waals surface area contributed by atoms with Gasteiger partial charge in [-0.15, -0.1) is 0 Å². The summed E-state index contributed by atoms with van der Waals surface area (Å²) in [6.45, 7) is 0. The van der Waals surface area contributed by atoms with Crippen LogP contribution in [0, 0.1) is 23.2 Å². The molecule has 1 atom stereocenters. The smallest absolute Gasteiger partial charge is 0.0471 e.